The summed E-state index contributed by atoms with van der Waals surface area (Å²) in [5.74, 6) is 1.77. The molecule has 2 aromatic heterocycles. The number of carbonyl (C=O) groups is 1. The molecule has 1 amide bonds. The van der Waals surface area contributed by atoms with Crippen LogP contribution in [-0.4, -0.2) is 29.3 Å². The SMILES string of the molecule is Cc1ccsc1-c1nnc(CC(=O)Nc2ccc3c(c2)OCCO3)o1. The van der Waals surface area contributed by atoms with E-state index >= 15 is 0 Å². The third-order valence-electron chi connectivity index (χ3n) is 3.66. The number of aryl methyl sites for hydroxylation is 1. The average molecular weight is 357 g/mol. The molecule has 0 saturated heterocycles. The van der Waals surface area contributed by atoms with Crippen molar-refractivity contribution < 1.29 is 18.7 Å². The Morgan fingerprint density at radius 3 is 2.84 bits per heavy atom. The molecule has 4 rings (SSSR count). The van der Waals surface area contributed by atoms with Crippen molar-refractivity contribution in [2.45, 2.75) is 13.3 Å². The van der Waals surface area contributed by atoms with Crippen molar-refractivity contribution in [1.29, 1.82) is 0 Å². The van der Waals surface area contributed by atoms with E-state index in [0.717, 1.165) is 10.4 Å². The molecule has 1 aliphatic rings. The van der Waals surface area contributed by atoms with E-state index in [4.69, 9.17) is 13.9 Å². The minimum absolute atomic E-state index is 0.00582. The van der Waals surface area contributed by atoms with Gasteiger partial charge in [-0.15, -0.1) is 21.5 Å². The number of nitrogens with zero attached hydrogens (tertiary/aromatic N) is 2. The third-order valence-corrected chi connectivity index (χ3v) is 4.67. The Labute approximate surface area is 147 Å². The molecule has 0 spiro atoms. The summed E-state index contributed by atoms with van der Waals surface area (Å²) in [7, 11) is 0. The lowest BCUT2D eigenvalue weighted by Gasteiger charge is -2.18. The largest absolute Gasteiger partial charge is 0.486 e. The summed E-state index contributed by atoms with van der Waals surface area (Å²) in [5, 5.41) is 12.7. The first-order valence-electron chi connectivity index (χ1n) is 7.75. The smallest absolute Gasteiger partial charge is 0.258 e. The van der Waals surface area contributed by atoms with Crippen LogP contribution in [0, 0.1) is 6.92 Å². The Hall–Kier alpha value is -2.87. The van der Waals surface area contributed by atoms with Crippen LogP contribution >= 0.6 is 11.3 Å². The molecule has 0 unspecified atom stereocenters. The van der Waals surface area contributed by atoms with E-state index in [-0.39, 0.29) is 18.2 Å². The van der Waals surface area contributed by atoms with Crippen LogP contribution in [-0.2, 0) is 11.2 Å². The van der Waals surface area contributed by atoms with Crippen molar-refractivity contribution in [3.05, 3.63) is 41.1 Å². The van der Waals surface area contributed by atoms with E-state index in [0.29, 0.717) is 36.3 Å². The lowest BCUT2D eigenvalue weighted by Crippen LogP contribution is -2.17. The second-order valence-electron chi connectivity index (χ2n) is 5.52. The summed E-state index contributed by atoms with van der Waals surface area (Å²) in [6, 6.07) is 7.26. The standard InChI is InChI=1S/C17H15N3O4S/c1-10-4-7-25-16(10)17-20-19-15(24-17)9-14(21)18-11-2-3-12-13(8-11)23-6-5-22-12/h2-4,7-8H,5-6,9H2,1H3,(H,18,21). The number of amides is 1. The molecule has 0 radical (unpaired) electrons. The van der Waals surface area contributed by atoms with E-state index in [1.54, 1.807) is 18.2 Å². The highest BCUT2D eigenvalue weighted by Gasteiger charge is 2.16. The van der Waals surface area contributed by atoms with Crippen molar-refractivity contribution in [2.24, 2.45) is 0 Å². The summed E-state index contributed by atoms with van der Waals surface area (Å²) in [6.45, 7) is 3.00. The van der Waals surface area contributed by atoms with Crippen LogP contribution in [0.15, 0.2) is 34.1 Å². The number of thiophene rings is 1. The van der Waals surface area contributed by atoms with Gasteiger partial charge in [0.2, 0.25) is 11.8 Å². The summed E-state index contributed by atoms with van der Waals surface area (Å²) in [5.41, 5.74) is 1.70. The second kappa shape index (κ2) is 6.56. The van der Waals surface area contributed by atoms with Gasteiger partial charge in [0.15, 0.2) is 11.5 Å². The molecular formula is C17H15N3O4S. The predicted molar refractivity (Wildman–Crippen MR) is 92.1 cm³/mol. The predicted octanol–water partition coefficient (Wildman–Crippen LogP) is 3.06. The van der Waals surface area contributed by atoms with Crippen LogP contribution in [0.1, 0.15) is 11.5 Å². The fourth-order valence-corrected chi connectivity index (χ4v) is 3.32. The zero-order valence-corrected chi connectivity index (χ0v) is 14.3. The maximum Gasteiger partial charge on any atom is 0.258 e. The number of fused-ring (bicyclic) bond motifs is 1. The molecule has 1 N–H and O–H groups in total. The lowest BCUT2D eigenvalue weighted by atomic mass is 10.2. The minimum Gasteiger partial charge on any atom is -0.486 e. The van der Waals surface area contributed by atoms with Crippen LogP contribution in [0.25, 0.3) is 10.8 Å². The molecule has 128 valence electrons. The van der Waals surface area contributed by atoms with Gasteiger partial charge in [0.1, 0.15) is 19.6 Å². The fourth-order valence-electron chi connectivity index (χ4n) is 2.47. The molecule has 0 aliphatic carbocycles. The number of hydrogen-bond donors (Lipinski definition) is 1. The summed E-state index contributed by atoms with van der Waals surface area (Å²) < 4.78 is 16.6. The quantitative estimate of drug-likeness (QED) is 0.772. The highest BCUT2D eigenvalue weighted by Crippen LogP contribution is 2.32. The van der Waals surface area contributed by atoms with E-state index in [1.165, 1.54) is 11.3 Å². The first-order chi connectivity index (χ1) is 12.2. The Bertz CT molecular complexity index is 918. The molecule has 8 heteroatoms. The average Bonchev–Trinajstić information content (AvgIpc) is 3.23. The van der Waals surface area contributed by atoms with Gasteiger partial charge >= 0.3 is 0 Å². The first-order valence-corrected chi connectivity index (χ1v) is 8.63. The number of ether oxygens (including phenoxy) is 2. The van der Waals surface area contributed by atoms with Gasteiger partial charge in [-0.1, -0.05) is 0 Å². The Morgan fingerprint density at radius 1 is 1.20 bits per heavy atom. The van der Waals surface area contributed by atoms with Gasteiger partial charge in [0.25, 0.3) is 5.89 Å². The van der Waals surface area contributed by atoms with E-state index in [9.17, 15) is 4.79 Å². The number of rotatable bonds is 4. The summed E-state index contributed by atoms with van der Waals surface area (Å²) >= 11 is 1.53. The molecule has 3 heterocycles. The van der Waals surface area contributed by atoms with Crippen molar-refractivity contribution in [3.63, 3.8) is 0 Å². The molecule has 0 atom stereocenters. The summed E-state index contributed by atoms with van der Waals surface area (Å²) in [4.78, 5) is 13.1. The number of aromatic nitrogens is 2. The molecule has 3 aromatic rings. The van der Waals surface area contributed by atoms with E-state index < -0.39 is 0 Å². The van der Waals surface area contributed by atoms with Gasteiger partial charge in [-0.2, -0.15) is 0 Å². The van der Waals surface area contributed by atoms with Crippen molar-refractivity contribution in [1.82, 2.24) is 10.2 Å². The van der Waals surface area contributed by atoms with Crippen LogP contribution in [0.2, 0.25) is 0 Å². The number of anilines is 1. The van der Waals surface area contributed by atoms with Crippen molar-refractivity contribution in [3.8, 4) is 22.3 Å². The number of carbonyl (C=O) groups excluding carboxylic acids is 1. The second-order valence-corrected chi connectivity index (χ2v) is 6.43. The fraction of sp³-hybridized carbons (Fsp3) is 0.235. The number of benzene rings is 1. The first kappa shape index (κ1) is 15.6. The number of hydrogen-bond acceptors (Lipinski definition) is 7. The van der Waals surface area contributed by atoms with Gasteiger partial charge in [-0.25, -0.2) is 0 Å². The third kappa shape index (κ3) is 3.34. The maximum atomic E-state index is 12.2. The molecule has 7 nitrogen and oxygen atoms in total. The van der Waals surface area contributed by atoms with E-state index in [1.807, 2.05) is 18.4 Å². The Kier molecular flexibility index (Phi) is 4.10. The molecular weight excluding hydrogens is 342 g/mol. The van der Waals surface area contributed by atoms with Gasteiger partial charge in [0.05, 0.1) is 4.88 Å². The molecule has 0 fully saturated rings. The zero-order valence-electron chi connectivity index (χ0n) is 13.4. The lowest BCUT2D eigenvalue weighted by molar-refractivity contribution is -0.115. The molecule has 0 bridgehead atoms. The molecule has 1 aliphatic heterocycles. The minimum atomic E-state index is -0.241. The van der Waals surface area contributed by atoms with Gasteiger partial charge in [-0.3, -0.25) is 4.79 Å². The van der Waals surface area contributed by atoms with Crippen LogP contribution < -0.4 is 14.8 Å². The van der Waals surface area contributed by atoms with Crippen molar-refractivity contribution in [2.75, 3.05) is 18.5 Å². The van der Waals surface area contributed by atoms with E-state index in [2.05, 4.69) is 15.5 Å². The van der Waals surface area contributed by atoms with Gasteiger partial charge in [0, 0.05) is 11.8 Å². The van der Waals surface area contributed by atoms with Gasteiger partial charge < -0.3 is 19.2 Å². The molecule has 0 saturated carbocycles. The maximum absolute atomic E-state index is 12.2. The van der Waals surface area contributed by atoms with Crippen LogP contribution in [0.3, 0.4) is 0 Å². The summed E-state index contributed by atoms with van der Waals surface area (Å²) in [6.07, 6.45) is 0.00582. The Balaban J connectivity index is 1.43. The van der Waals surface area contributed by atoms with Crippen LogP contribution in [0.5, 0.6) is 11.5 Å². The molecule has 1 aromatic carbocycles. The monoisotopic (exact) mass is 357 g/mol. The Morgan fingerprint density at radius 2 is 2.04 bits per heavy atom. The molecule has 25 heavy (non-hydrogen) atoms. The van der Waals surface area contributed by atoms with Gasteiger partial charge in [-0.05, 0) is 36.1 Å². The topological polar surface area (TPSA) is 86.5 Å². The highest BCUT2D eigenvalue weighted by molar-refractivity contribution is 7.13. The highest BCUT2D eigenvalue weighted by atomic mass is 32.1. The van der Waals surface area contributed by atoms with Crippen LogP contribution in [0.4, 0.5) is 5.69 Å². The number of nitrogens with one attached hydrogen (secondary N) is 1. The van der Waals surface area contributed by atoms with Crippen molar-refractivity contribution >= 4 is 22.9 Å². The zero-order chi connectivity index (χ0) is 17.2. The normalized spacial score (nSPS) is 12.8.